The Morgan fingerprint density at radius 2 is 2.27 bits per heavy atom. The predicted octanol–water partition coefficient (Wildman–Crippen LogP) is 1.07. The molecule has 4 nitrogen and oxygen atoms in total. The van der Waals surface area contributed by atoms with E-state index in [9.17, 15) is 0 Å². The highest BCUT2D eigenvalue weighted by molar-refractivity contribution is 5.28. The summed E-state index contributed by atoms with van der Waals surface area (Å²) in [7, 11) is 1.96. The molecule has 1 aromatic rings. The zero-order valence-corrected chi connectivity index (χ0v) is 9.66. The van der Waals surface area contributed by atoms with Crippen molar-refractivity contribution in [2.24, 2.45) is 18.7 Å². The van der Waals surface area contributed by atoms with E-state index in [-0.39, 0.29) is 6.04 Å². The van der Waals surface area contributed by atoms with Crippen LogP contribution in [-0.2, 0) is 11.8 Å². The van der Waals surface area contributed by atoms with Gasteiger partial charge in [0.25, 0.3) is 0 Å². The van der Waals surface area contributed by atoms with E-state index in [4.69, 9.17) is 10.5 Å². The third-order valence-corrected chi connectivity index (χ3v) is 3.37. The zero-order valence-electron chi connectivity index (χ0n) is 9.66. The van der Waals surface area contributed by atoms with Crippen LogP contribution in [-0.4, -0.2) is 23.0 Å². The maximum Gasteiger partial charge on any atom is 0.0644 e. The number of aryl methyl sites for hydroxylation is 2. The van der Waals surface area contributed by atoms with E-state index in [1.165, 1.54) is 11.3 Å². The van der Waals surface area contributed by atoms with Gasteiger partial charge < -0.3 is 10.5 Å². The Balaban J connectivity index is 2.27. The highest BCUT2D eigenvalue weighted by Gasteiger charge is 2.27. The number of ether oxygens (including phenoxy) is 1. The third-order valence-electron chi connectivity index (χ3n) is 3.37. The first-order valence-electron chi connectivity index (χ1n) is 5.44. The molecule has 0 spiro atoms. The average molecular weight is 209 g/mol. The smallest absolute Gasteiger partial charge is 0.0644 e. The van der Waals surface area contributed by atoms with Crippen molar-refractivity contribution in [1.29, 1.82) is 0 Å². The van der Waals surface area contributed by atoms with Gasteiger partial charge in [-0.05, 0) is 20.3 Å². The number of nitrogens with zero attached hydrogens (tertiary/aromatic N) is 2. The molecule has 2 heterocycles. The maximum absolute atomic E-state index is 6.28. The molecule has 0 aromatic carbocycles. The summed E-state index contributed by atoms with van der Waals surface area (Å²) in [6.07, 6.45) is 1.06. The van der Waals surface area contributed by atoms with Gasteiger partial charge in [-0.15, -0.1) is 0 Å². The molecule has 0 amide bonds. The summed E-state index contributed by atoms with van der Waals surface area (Å²) in [4.78, 5) is 0. The molecule has 2 atom stereocenters. The van der Waals surface area contributed by atoms with Crippen LogP contribution in [0.5, 0.6) is 0 Å². The van der Waals surface area contributed by atoms with Gasteiger partial charge in [-0.3, -0.25) is 4.68 Å². The lowest BCUT2D eigenvalue weighted by Gasteiger charge is -2.18. The second kappa shape index (κ2) is 3.94. The van der Waals surface area contributed by atoms with Crippen molar-refractivity contribution >= 4 is 0 Å². The van der Waals surface area contributed by atoms with Crippen molar-refractivity contribution in [2.75, 3.05) is 13.2 Å². The molecule has 1 aliphatic heterocycles. The van der Waals surface area contributed by atoms with Gasteiger partial charge in [0.15, 0.2) is 0 Å². The van der Waals surface area contributed by atoms with Crippen LogP contribution in [0.15, 0.2) is 0 Å². The van der Waals surface area contributed by atoms with Gasteiger partial charge in [0.05, 0.1) is 12.3 Å². The molecule has 0 aliphatic carbocycles. The fraction of sp³-hybridized carbons (Fsp3) is 0.727. The molecule has 0 bridgehead atoms. The highest BCUT2D eigenvalue weighted by Crippen LogP contribution is 2.30. The first-order chi connectivity index (χ1) is 7.11. The molecule has 1 saturated heterocycles. The van der Waals surface area contributed by atoms with Gasteiger partial charge in [-0.2, -0.15) is 5.10 Å². The molecule has 1 fully saturated rings. The molecular weight excluding hydrogens is 190 g/mol. The van der Waals surface area contributed by atoms with Crippen molar-refractivity contribution in [2.45, 2.75) is 26.3 Å². The Hall–Kier alpha value is -0.870. The Labute approximate surface area is 90.4 Å². The quantitative estimate of drug-likeness (QED) is 0.792. The Kier molecular flexibility index (Phi) is 2.80. The highest BCUT2D eigenvalue weighted by atomic mass is 16.5. The summed E-state index contributed by atoms with van der Waals surface area (Å²) in [5, 5.41) is 4.40. The topological polar surface area (TPSA) is 53.1 Å². The van der Waals surface area contributed by atoms with E-state index in [1.54, 1.807) is 0 Å². The second-order valence-corrected chi connectivity index (χ2v) is 4.36. The molecule has 0 radical (unpaired) electrons. The van der Waals surface area contributed by atoms with E-state index in [0.29, 0.717) is 5.92 Å². The van der Waals surface area contributed by atoms with Gasteiger partial charge in [0, 0.05) is 36.9 Å². The van der Waals surface area contributed by atoms with Gasteiger partial charge in [0.2, 0.25) is 0 Å². The minimum atomic E-state index is 0.0706. The van der Waals surface area contributed by atoms with E-state index in [2.05, 4.69) is 12.0 Å². The fourth-order valence-electron chi connectivity index (χ4n) is 2.34. The first kappa shape index (κ1) is 10.6. The normalized spacial score (nSPS) is 23.3. The standard InChI is InChI=1S/C11H19N3O/c1-7-10(8(2)14(3)13-7)11(12)9-4-5-15-6-9/h9,11H,4-6,12H2,1-3H3. The molecule has 0 saturated carbocycles. The molecule has 84 valence electrons. The molecule has 15 heavy (non-hydrogen) atoms. The van der Waals surface area contributed by atoms with Gasteiger partial charge >= 0.3 is 0 Å². The van der Waals surface area contributed by atoms with E-state index in [1.807, 2.05) is 18.7 Å². The van der Waals surface area contributed by atoms with Gasteiger partial charge in [0.1, 0.15) is 0 Å². The summed E-state index contributed by atoms with van der Waals surface area (Å²) in [5.41, 5.74) is 9.71. The minimum Gasteiger partial charge on any atom is -0.381 e. The van der Waals surface area contributed by atoms with Crippen LogP contribution in [0.4, 0.5) is 0 Å². The van der Waals surface area contributed by atoms with Crippen LogP contribution < -0.4 is 5.73 Å². The van der Waals surface area contributed by atoms with Crippen LogP contribution >= 0.6 is 0 Å². The molecule has 2 N–H and O–H groups in total. The van der Waals surface area contributed by atoms with E-state index < -0.39 is 0 Å². The Bertz CT molecular complexity index is 353. The lowest BCUT2D eigenvalue weighted by Crippen LogP contribution is -2.22. The van der Waals surface area contributed by atoms with Crippen molar-refractivity contribution in [3.05, 3.63) is 17.0 Å². The number of hydrogen-bond acceptors (Lipinski definition) is 3. The van der Waals surface area contributed by atoms with Crippen molar-refractivity contribution in [1.82, 2.24) is 9.78 Å². The van der Waals surface area contributed by atoms with E-state index in [0.717, 1.165) is 25.3 Å². The minimum absolute atomic E-state index is 0.0706. The Morgan fingerprint density at radius 1 is 1.53 bits per heavy atom. The van der Waals surface area contributed by atoms with Crippen molar-refractivity contribution in [3.8, 4) is 0 Å². The molecule has 4 heteroatoms. The lowest BCUT2D eigenvalue weighted by atomic mass is 9.92. The third kappa shape index (κ3) is 1.79. The van der Waals surface area contributed by atoms with Crippen molar-refractivity contribution < 1.29 is 4.74 Å². The lowest BCUT2D eigenvalue weighted by molar-refractivity contribution is 0.181. The van der Waals surface area contributed by atoms with E-state index >= 15 is 0 Å². The van der Waals surface area contributed by atoms with Crippen LogP contribution in [0, 0.1) is 19.8 Å². The average Bonchev–Trinajstić information content (AvgIpc) is 2.76. The molecule has 1 aliphatic rings. The molecule has 2 unspecified atom stereocenters. The second-order valence-electron chi connectivity index (χ2n) is 4.36. The fourth-order valence-corrected chi connectivity index (χ4v) is 2.34. The predicted molar refractivity (Wildman–Crippen MR) is 58.5 cm³/mol. The summed E-state index contributed by atoms with van der Waals surface area (Å²) < 4.78 is 7.28. The Morgan fingerprint density at radius 3 is 2.73 bits per heavy atom. The number of rotatable bonds is 2. The van der Waals surface area contributed by atoms with Crippen LogP contribution in [0.1, 0.15) is 29.4 Å². The van der Waals surface area contributed by atoms with Crippen LogP contribution in [0.3, 0.4) is 0 Å². The summed E-state index contributed by atoms with van der Waals surface area (Å²) in [6.45, 7) is 5.73. The first-order valence-corrected chi connectivity index (χ1v) is 5.44. The molecule has 1 aromatic heterocycles. The molecular formula is C11H19N3O. The van der Waals surface area contributed by atoms with Crippen LogP contribution in [0.2, 0.25) is 0 Å². The summed E-state index contributed by atoms with van der Waals surface area (Å²) in [6, 6.07) is 0.0706. The van der Waals surface area contributed by atoms with Crippen molar-refractivity contribution in [3.63, 3.8) is 0 Å². The molecule has 2 rings (SSSR count). The summed E-state index contributed by atoms with van der Waals surface area (Å²) >= 11 is 0. The van der Waals surface area contributed by atoms with Crippen LogP contribution in [0.25, 0.3) is 0 Å². The SMILES string of the molecule is Cc1nn(C)c(C)c1C(N)C1CCOC1. The maximum atomic E-state index is 6.28. The van der Waals surface area contributed by atoms with Gasteiger partial charge in [-0.25, -0.2) is 0 Å². The van der Waals surface area contributed by atoms with Gasteiger partial charge in [-0.1, -0.05) is 0 Å². The monoisotopic (exact) mass is 209 g/mol. The number of aromatic nitrogens is 2. The number of nitrogens with two attached hydrogens (primary N) is 1. The summed E-state index contributed by atoms with van der Waals surface area (Å²) in [5.74, 6) is 0.451. The largest absolute Gasteiger partial charge is 0.381 e. The number of hydrogen-bond donors (Lipinski definition) is 1. The zero-order chi connectivity index (χ0) is 11.0.